The fraction of sp³-hybridized carbons (Fsp3) is 0.472. The van der Waals surface area contributed by atoms with E-state index in [1.807, 2.05) is 19.1 Å². The molecule has 11 rings (SSSR count). The Labute approximate surface area is 389 Å². The van der Waals surface area contributed by atoms with Crippen LogP contribution in [0.3, 0.4) is 0 Å². The molecular weight excluding hydrogens is 855 g/mol. The van der Waals surface area contributed by atoms with Crippen LogP contribution in [0.2, 0.25) is 0 Å². The quantitative estimate of drug-likeness (QED) is 0.0457. The Hall–Kier alpha value is -5.80. The average Bonchev–Trinajstić information content (AvgIpc) is 3.66. The summed E-state index contributed by atoms with van der Waals surface area (Å²) < 4.78 is 31.0. The summed E-state index contributed by atoms with van der Waals surface area (Å²) in [7, 11) is 3.11. The first-order chi connectivity index (χ1) is 32.6. The summed E-state index contributed by atoms with van der Waals surface area (Å²) in [5.74, 6) is 1.35. The third-order valence-electron chi connectivity index (χ3n) is 16.4. The van der Waals surface area contributed by atoms with Gasteiger partial charge >= 0.3 is 0 Å². The lowest BCUT2D eigenvalue weighted by Crippen LogP contribution is -2.58. The number of rotatable bonds is 14. The molecule has 6 N–H and O–H groups in total. The number of benzene rings is 4. The number of hydrogen-bond acceptors (Lipinski definition) is 13. The smallest absolute Gasteiger partial charge is 0.253 e. The monoisotopic (exact) mass is 913 g/mol. The second-order valence-electron chi connectivity index (χ2n) is 19.5. The van der Waals surface area contributed by atoms with Gasteiger partial charge in [-0.05, 0) is 110 Å². The molecule has 0 spiro atoms. The highest BCUT2D eigenvalue weighted by Gasteiger charge is 2.59. The van der Waals surface area contributed by atoms with E-state index in [0.717, 1.165) is 47.9 Å². The van der Waals surface area contributed by atoms with E-state index < -0.39 is 29.6 Å². The Bertz CT molecular complexity index is 2670. The first-order valence-corrected chi connectivity index (χ1v) is 23.9. The van der Waals surface area contributed by atoms with Gasteiger partial charge in [-0.15, -0.1) is 0 Å². The molecule has 2 fully saturated rings. The first kappa shape index (κ1) is 43.8. The van der Waals surface area contributed by atoms with Crippen LogP contribution in [-0.2, 0) is 27.8 Å². The summed E-state index contributed by atoms with van der Waals surface area (Å²) in [5, 5.41) is 53.8. The van der Waals surface area contributed by atoms with Gasteiger partial charge in [-0.25, -0.2) is 0 Å². The van der Waals surface area contributed by atoms with Crippen LogP contribution < -0.4 is 34.3 Å². The molecule has 352 valence electrons. The van der Waals surface area contributed by atoms with E-state index in [-0.39, 0.29) is 67.5 Å². The van der Waals surface area contributed by atoms with Crippen molar-refractivity contribution in [2.75, 3.05) is 59.2 Å². The predicted molar refractivity (Wildman–Crippen MR) is 248 cm³/mol. The number of carbonyl (C=O) groups excluding carboxylic acids is 2. The molecule has 14 heteroatoms. The van der Waals surface area contributed by atoms with Crippen LogP contribution in [0.15, 0.2) is 60.7 Å². The minimum absolute atomic E-state index is 0.0237. The number of carbonyl (C=O) groups is 2. The third-order valence-corrected chi connectivity index (χ3v) is 16.4. The zero-order valence-corrected chi connectivity index (χ0v) is 38.2. The number of phenolic OH excluding ortho intramolecular Hbond substituents is 1. The Morgan fingerprint density at radius 2 is 1.69 bits per heavy atom. The number of ether oxygens (including phenoxy) is 5. The number of nitrogens with zero attached hydrogens (tertiary/aromatic N) is 1. The number of aliphatic hydroxyl groups excluding tert-OH is 3. The zero-order valence-electron chi connectivity index (χ0n) is 38.2. The highest BCUT2D eigenvalue weighted by molar-refractivity contribution is 6.12. The Morgan fingerprint density at radius 1 is 0.910 bits per heavy atom. The summed E-state index contributed by atoms with van der Waals surface area (Å²) in [5.41, 5.74) is 8.18. The molecule has 2 saturated carbocycles. The molecule has 0 radical (unpaired) electrons. The number of anilines is 1. The Balaban J connectivity index is 0.930. The number of methoxy groups -OCH3 is 2. The molecule has 14 nitrogen and oxygen atoms in total. The molecule has 3 aliphatic heterocycles. The van der Waals surface area contributed by atoms with Crippen LogP contribution in [0.4, 0.5) is 5.69 Å². The van der Waals surface area contributed by atoms with Crippen LogP contribution in [-0.4, -0.2) is 91.0 Å². The fourth-order valence-electron chi connectivity index (χ4n) is 13.6. The molecule has 7 aliphatic rings. The maximum atomic E-state index is 12.8. The molecule has 0 aromatic heterocycles. The lowest BCUT2D eigenvalue weighted by Gasteiger charge is -2.61. The van der Waals surface area contributed by atoms with Gasteiger partial charge in [0.25, 0.3) is 11.8 Å². The maximum Gasteiger partial charge on any atom is 0.253 e. The highest BCUT2D eigenvalue weighted by Crippen LogP contribution is 2.64. The van der Waals surface area contributed by atoms with Crippen molar-refractivity contribution in [1.29, 1.82) is 0 Å². The van der Waals surface area contributed by atoms with E-state index in [0.29, 0.717) is 83.8 Å². The van der Waals surface area contributed by atoms with Crippen molar-refractivity contribution in [3.63, 3.8) is 0 Å². The minimum Gasteiger partial charge on any atom is -0.502 e. The molecule has 4 aromatic carbocycles. The number of fused-ring (bicyclic) bond motifs is 6. The standard InChI is InChI=1S/C53H59N3O11/c1-4-54-26-67-41-20-39(63-2)33-11-12-34-46-38(55-52(62)49(41)48(33)46)19-40-47(34)50(60)35(25-66-40)30-17-42(64-3)51(61)43(18-30)65-24-31(23-57)53-21-27(22-56-44(58)13-14-45(56)59)15-29-10-9-28(16-37(29)53)32-7-5-6-8-36(32)53/h5-8,13-14,17-20,27-29,31,35,37,50,52,54-55,57,60-62H,4,9-12,15-16,21-26H2,1-3H3/t27-,28-,29-,31+,35+,37-,50+,52-,53+/m1/s1. The van der Waals surface area contributed by atoms with E-state index in [1.54, 1.807) is 19.2 Å². The molecule has 3 heterocycles. The van der Waals surface area contributed by atoms with Crippen LogP contribution in [0.25, 0.3) is 11.1 Å². The van der Waals surface area contributed by atoms with E-state index in [1.165, 1.54) is 35.3 Å². The number of hydrogen-bond donors (Lipinski definition) is 6. The zero-order chi connectivity index (χ0) is 46.3. The van der Waals surface area contributed by atoms with Crippen LogP contribution in [0.5, 0.6) is 34.5 Å². The van der Waals surface area contributed by atoms with Crippen molar-refractivity contribution in [2.45, 2.75) is 81.5 Å². The van der Waals surface area contributed by atoms with Gasteiger partial charge in [-0.1, -0.05) is 31.2 Å². The SMILES string of the molecule is CCNCOc1cc(OC)c2c3c1[C@@H](O)Nc1cc4c(c(c1-3)CC2)[C@@H](O)[C@H](c1cc(OC)c(O)c(OC[C@H](CO)[C@]23C[C@H](CN5C(=O)C=CC5=O)C[C@H]5CC[C@H](C[C@H]52)c2ccccc23)c1)CO4. The second-order valence-corrected chi connectivity index (χ2v) is 19.5. The van der Waals surface area contributed by atoms with Gasteiger partial charge in [0.05, 0.1) is 45.7 Å². The van der Waals surface area contributed by atoms with Crippen molar-refractivity contribution in [1.82, 2.24) is 10.2 Å². The fourth-order valence-corrected chi connectivity index (χ4v) is 13.6. The topological polar surface area (TPSA) is 189 Å². The normalized spacial score (nSPS) is 27.6. The summed E-state index contributed by atoms with van der Waals surface area (Å²) in [6.07, 6.45) is 6.48. The molecule has 9 atom stereocenters. The van der Waals surface area contributed by atoms with Crippen molar-refractivity contribution in [3.8, 4) is 45.6 Å². The van der Waals surface area contributed by atoms with Crippen LogP contribution in [0, 0.1) is 23.7 Å². The van der Waals surface area contributed by atoms with Gasteiger partial charge in [-0.3, -0.25) is 19.8 Å². The molecule has 0 unspecified atom stereocenters. The van der Waals surface area contributed by atoms with Gasteiger partial charge in [0.15, 0.2) is 17.7 Å². The number of aromatic hydroxyl groups is 1. The highest BCUT2D eigenvalue weighted by atomic mass is 16.5. The molecule has 67 heavy (non-hydrogen) atoms. The Kier molecular flexibility index (Phi) is 11.1. The molecule has 2 bridgehead atoms. The van der Waals surface area contributed by atoms with Crippen LogP contribution in [0.1, 0.15) is 102 Å². The second kappa shape index (κ2) is 17.1. The summed E-state index contributed by atoms with van der Waals surface area (Å²) in [6.45, 7) is 3.28. The van der Waals surface area contributed by atoms with Gasteiger partial charge in [0.2, 0.25) is 5.75 Å². The molecule has 0 saturated heterocycles. The van der Waals surface area contributed by atoms with E-state index in [2.05, 4.69) is 34.9 Å². The number of aliphatic hydroxyl groups is 3. The number of imide groups is 1. The van der Waals surface area contributed by atoms with E-state index >= 15 is 0 Å². The summed E-state index contributed by atoms with van der Waals surface area (Å²) in [6, 6.07) is 15.7. The van der Waals surface area contributed by atoms with Crippen LogP contribution >= 0.6 is 0 Å². The summed E-state index contributed by atoms with van der Waals surface area (Å²) in [4.78, 5) is 27.0. The van der Waals surface area contributed by atoms with Gasteiger partial charge in [0.1, 0.15) is 24.0 Å². The van der Waals surface area contributed by atoms with Crippen molar-refractivity contribution < 1.29 is 53.7 Å². The van der Waals surface area contributed by atoms with Gasteiger partial charge in [-0.2, -0.15) is 0 Å². The average molecular weight is 914 g/mol. The Morgan fingerprint density at radius 3 is 2.46 bits per heavy atom. The lowest BCUT2D eigenvalue weighted by atomic mass is 9.44. The molecule has 4 aromatic rings. The molecule has 4 aliphatic carbocycles. The largest absolute Gasteiger partial charge is 0.502 e. The molecule has 2 amide bonds. The number of amides is 2. The number of phenols is 1. The van der Waals surface area contributed by atoms with Gasteiger partial charge in [0, 0.05) is 76.0 Å². The van der Waals surface area contributed by atoms with Gasteiger partial charge < -0.3 is 49.4 Å². The van der Waals surface area contributed by atoms with E-state index in [4.69, 9.17) is 23.7 Å². The van der Waals surface area contributed by atoms with E-state index in [9.17, 15) is 30.0 Å². The first-order valence-electron chi connectivity index (χ1n) is 23.9. The van der Waals surface area contributed by atoms with Crippen molar-refractivity contribution in [2.24, 2.45) is 23.7 Å². The number of nitrogens with one attached hydrogen (secondary N) is 2. The lowest BCUT2D eigenvalue weighted by molar-refractivity contribution is -0.138. The molecular formula is C53H59N3O11. The summed E-state index contributed by atoms with van der Waals surface area (Å²) >= 11 is 0. The third kappa shape index (κ3) is 6.88. The minimum atomic E-state index is -1.06. The van der Waals surface area contributed by atoms with Crippen molar-refractivity contribution in [3.05, 3.63) is 99.6 Å². The predicted octanol–water partition coefficient (Wildman–Crippen LogP) is 6.52. The maximum absolute atomic E-state index is 12.8. The van der Waals surface area contributed by atoms with Crippen molar-refractivity contribution >= 4 is 17.5 Å².